The number of benzene rings is 1. The second kappa shape index (κ2) is 5.06. The Labute approximate surface area is 123 Å². The van der Waals surface area contributed by atoms with Gasteiger partial charge in [0.15, 0.2) is 0 Å². The van der Waals surface area contributed by atoms with E-state index in [4.69, 9.17) is 16.0 Å². The lowest BCUT2D eigenvalue weighted by molar-refractivity contribution is -0.158. The van der Waals surface area contributed by atoms with Crippen molar-refractivity contribution in [3.63, 3.8) is 0 Å². The molecule has 2 atom stereocenters. The number of esters is 1. The van der Waals surface area contributed by atoms with Crippen molar-refractivity contribution in [3.05, 3.63) is 46.3 Å². The van der Waals surface area contributed by atoms with E-state index in [9.17, 15) is 4.79 Å². The molecule has 6 heteroatoms. The first-order valence-corrected chi connectivity index (χ1v) is 6.84. The Balaban J connectivity index is 2.33. The van der Waals surface area contributed by atoms with Crippen LogP contribution >= 0.6 is 0 Å². The molecule has 0 spiro atoms. The third kappa shape index (κ3) is 2.73. The quantitative estimate of drug-likeness (QED) is 0.399. The van der Waals surface area contributed by atoms with Gasteiger partial charge in [-0.2, -0.15) is 0 Å². The highest BCUT2D eigenvalue weighted by Crippen LogP contribution is 2.57. The molecule has 2 N–H and O–H groups in total. The maximum Gasteiger partial charge on any atom is 0.327 e. The van der Waals surface area contributed by atoms with Gasteiger partial charge < -0.3 is 10.5 Å². The molecule has 1 aliphatic rings. The second-order valence-corrected chi connectivity index (χ2v) is 6.49. The summed E-state index contributed by atoms with van der Waals surface area (Å²) in [6.45, 7) is 5.54. The zero-order chi connectivity index (χ0) is 15.7. The number of carbonyl (C=O) groups excluding carboxylic acids is 1. The van der Waals surface area contributed by atoms with E-state index >= 15 is 0 Å². The largest absolute Gasteiger partial charge is 0.459 e. The van der Waals surface area contributed by atoms with Crippen molar-refractivity contribution in [2.24, 2.45) is 10.8 Å². The van der Waals surface area contributed by atoms with Crippen molar-refractivity contribution < 1.29 is 9.53 Å². The van der Waals surface area contributed by atoms with Gasteiger partial charge in [-0.3, -0.25) is 4.79 Å². The summed E-state index contributed by atoms with van der Waals surface area (Å²) in [7, 11) is 0. The summed E-state index contributed by atoms with van der Waals surface area (Å²) in [5, 5.41) is 3.65. The van der Waals surface area contributed by atoms with Crippen LogP contribution in [0.2, 0.25) is 0 Å². The van der Waals surface area contributed by atoms with E-state index in [0.29, 0.717) is 6.42 Å². The van der Waals surface area contributed by atoms with Crippen molar-refractivity contribution in [2.45, 2.75) is 43.7 Å². The van der Waals surface area contributed by atoms with Gasteiger partial charge in [0.25, 0.3) is 0 Å². The van der Waals surface area contributed by atoms with Gasteiger partial charge in [-0.15, -0.1) is 0 Å². The number of rotatable bonds is 4. The topological polar surface area (TPSA) is 101 Å². The van der Waals surface area contributed by atoms with E-state index in [1.807, 2.05) is 30.3 Å². The van der Waals surface area contributed by atoms with E-state index in [0.717, 1.165) is 5.56 Å². The normalized spacial score (nSPS) is 27.6. The molecule has 0 radical (unpaired) electrons. The molecule has 112 valence electrons. The monoisotopic (exact) mass is 288 g/mol. The number of azide groups is 1. The first-order chi connectivity index (χ1) is 9.75. The van der Waals surface area contributed by atoms with Crippen molar-refractivity contribution in [1.29, 1.82) is 0 Å². The molecule has 1 fully saturated rings. The summed E-state index contributed by atoms with van der Waals surface area (Å²) in [4.78, 5) is 15.2. The smallest absolute Gasteiger partial charge is 0.327 e. The Morgan fingerprint density at radius 3 is 2.57 bits per heavy atom. The summed E-state index contributed by atoms with van der Waals surface area (Å²) < 4.78 is 5.42. The molecule has 2 rings (SSSR count). The Morgan fingerprint density at radius 2 is 2.05 bits per heavy atom. The highest BCUT2D eigenvalue weighted by atomic mass is 16.6. The maximum atomic E-state index is 12.4. The van der Waals surface area contributed by atoms with Crippen LogP contribution < -0.4 is 5.73 Å². The Hall–Kier alpha value is -2.04. The van der Waals surface area contributed by atoms with E-state index in [1.165, 1.54) is 0 Å². The molecule has 0 aromatic heterocycles. The first-order valence-electron chi connectivity index (χ1n) is 6.84. The predicted molar refractivity (Wildman–Crippen MR) is 79.5 cm³/mol. The van der Waals surface area contributed by atoms with Gasteiger partial charge in [-0.1, -0.05) is 35.4 Å². The van der Waals surface area contributed by atoms with Crippen LogP contribution in [0, 0.1) is 0 Å². The summed E-state index contributed by atoms with van der Waals surface area (Å²) >= 11 is 0. The van der Waals surface area contributed by atoms with Crippen LogP contribution in [-0.2, 0) is 14.9 Å². The van der Waals surface area contributed by atoms with Gasteiger partial charge in [-0.05, 0) is 38.3 Å². The molecule has 1 aromatic rings. The lowest BCUT2D eigenvalue weighted by atomic mass is 9.90. The number of ether oxygens (including phenoxy) is 1. The lowest BCUT2D eigenvalue weighted by Crippen LogP contribution is -2.46. The highest BCUT2D eigenvalue weighted by Gasteiger charge is 2.71. The van der Waals surface area contributed by atoms with Crippen LogP contribution in [0.4, 0.5) is 0 Å². The first kappa shape index (κ1) is 15.4. The highest BCUT2D eigenvalue weighted by molar-refractivity contribution is 5.89. The molecule has 2 unspecified atom stereocenters. The third-order valence-corrected chi connectivity index (χ3v) is 3.80. The van der Waals surface area contributed by atoms with Gasteiger partial charge in [0.2, 0.25) is 0 Å². The number of nitrogens with two attached hydrogens (primary N) is 1. The minimum Gasteiger partial charge on any atom is -0.459 e. The van der Waals surface area contributed by atoms with Crippen molar-refractivity contribution in [2.75, 3.05) is 6.54 Å². The maximum absolute atomic E-state index is 12.4. The number of hydrogen-bond acceptors (Lipinski definition) is 4. The lowest BCUT2D eigenvalue weighted by Gasteiger charge is -2.25. The van der Waals surface area contributed by atoms with Crippen LogP contribution in [0.5, 0.6) is 0 Å². The molecular weight excluding hydrogens is 268 g/mol. The van der Waals surface area contributed by atoms with Crippen LogP contribution in [0.3, 0.4) is 0 Å². The predicted octanol–water partition coefficient (Wildman–Crippen LogP) is 2.68. The zero-order valence-electron chi connectivity index (χ0n) is 12.5. The standard InChI is InChI=1S/C15H20N4O2/c1-13(2,3)21-12(20)15(16)9-14(15,10-18-19-17)11-7-5-4-6-8-11/h4-8H,9-10,16H2,1-3H3. The van der Waals surface area contributed by atoms with Gasteiger partial charge in [0, 0.05) is 16.9 Å². The third-order valence-electron chi connectivity index (χ3n) is 3.80. The fraction of sp³-hybridized carbons (Fsp3) is 0.533. The summed E-state index contributed by atoms with van der Waals surface area (Å²) in [5.41, 5.74) is 13.4. The summed E-state index contributed by atoms with van der Waals surface area (Å²) in [6.07, 6.45) is 0.415. The Morgan fingerprint density at radius 1 is 1.43 bits per heavy atom. The zero-order valence-corrected chi connectivity index (χ0v) is 12.5. The number of carbonyl (C=O) groups is 1. The van der Waals surface area contributed by atoms with E-state index in [-0.39, 0.29) is 6.54 Å². The molecular formula is C15H20N4O2. The van der Waals surface area contributed by atoms with Crippen LogP contribution in [0.1, 0.15) is 32.8 Å². The molecule has 0 aliphatic heterocycles. The van der Waals surface area contributed by atoms with Gasteiger partial charge in [0.1, 0.15) is 11.1 Å². The SMILES string of the molecule is CC(C)(C)OC(=O)C1(N)CC1(CN=[N+]=[N-])c1ccccc1. The average molecular weight is 288 g/mol. The average Bonchev–Trinajstić information content (AvgIpc) is 3.04. The molecule has 0 amide bonds. The van der Waals surface area contributed by atoms with Crippen molar-refractivity contribution in [1.82, 2.24) is 0 Å². The van der Waals surface area contributed by atoms with Gasteiger partial charge in [0.05, 0.1) is 0 Å². The molecule has 0 saturated heterocycles. The van der Waals surface area contributed by atoms with Gasteiger partial charge in [-0.25, -0.2) is 0 Å². The molecule has 1 saturated carbocycles. The fourth-order valence-electron chi connectivity index (χ4n) is 2.63. The minimum absolute atomic E-state index is 0.142. The van der Waals surface area contributed by atoms with Gasteiger partial charge >= 0.3 is 5.97 Å². The fourth-order valence-corrected chi connectivity index (χ4v) is 2.63. The Kier molecular flexibility index (Phi) is 3.70. The number of hydrogen-bond donors (Lipinski definition) is 1. The van der Waals surface area contributed by atoms with E-state index < -0.39 is 22.5 Å². The van der Waals surface area contributed by atoms with Crippen LogP contribution in [-0.4, -0.2) is 23.7 Å². The molecule has 1 aromatic carbocycles. The van der Waals surface area contributed by atoms with Crippen LogP contribution in [0.15, 0.2) is 35.4 Å². The number of nitrogens with zero attached hydrogens (tertiary/aromatic N) is 3. The minimum atomic E-state index is -1.14. The molecule has 0 heterocycles. The van der Waals surface area contributed by atoms with Crippen LogP contribution in [0.25, 0.3) is 10.4 Å². The summed E-state index contributed by atoms with van der Waals surface area (Å²) in [6, 6.07) is 9.43. The second-order valence-electron chi connectivity index (χ2n) is 6.49. The van der Waals surface area contributed by atoms with Crippen molar-refractivity contribution >= 4 is 5.97 Å². The molecule has 0 bridgehead atoms. The molecule has 1 aliphatic carbocycles. The van der Waals surface area contributed by atoms with E-state index in [1.54, 1.807) is 20.8 Å². The van der Waals surface area contributed by atoms with E-state index in [2.05, 4.69) is 10.0 Å². The Bertz CT molecular complexity index is 589. The molecule has 6 nitrogen and oxygen atoms in total. The molecule has 21 heavy (non-hydrogen) atoms. The summed E-state index contributed by atoms with van der Waals surface area (Å²) in [5.74, 6) is -0.452. The van der Waals surface area contributed by atoms with Crippen molar-refractivity contribution in [3.8, 4) is 0 Å².